The fraction of sp³-hybridized carbons (Fsp3) is 1.00. The summed E-state index contributed by atoms with van der Waals surface area (Å²) in [6.45, 7) is 10.00. The van der Waals surface area contributed by atoms with E-state index < -0.39 is 0 Å². The van der Waals surface area contributed by atoms with E-state index in [4.69, 9.17) is 11.5 Å². The summed E-state index contributed by atoms with van der Waals surface area (Å²) in [4.78, 5) is 0. The van der Waals surface area contributed by atoms with Crippen molar-refractivity contribution in [2.75, 3.05) is 6.54 Å². The van der Waals surface area contributed by atoms with Crippen LogP contribution in [0.15, 0.2) is 0 Å². The summed E-state index contributed by atoms with van der Waals surface area (Å²) < 4.78 is 0. The smallest absolute Gasteiger partial charge is 0.0205 e. The Morgan fingerprint density at radius 3 is 1.58 bits per heavy atom. The van der Waals surface area contributed by atoms with Gasteiger partial charge in [0.15, 0.2) is 0 Å². The molecule has 0 unspecified atom stereocenters. The van der Waals surface area contributed by atoms with E-state index in [9.17, 15) is 0 Å². The number of rotatable bonds is 12. The molecule has 116 valence electrons. The molecule has 2 nitrogen and oxygen atoms in total. The molecule has 0 bridgehead atoms. The van der Waals surface area contributed by atoms with E-state index in [0.29, 0.717) is 5.41 Å². The maximum Gasteiger partial charge on any atom is 0.0205 e. The molecule has 0 radical (unpaired) electrons. The van der Waals surface area contributed by atoms with E-state index >= 15 is 0 Å². The monoisotopic (exact) mass is 270 g/mol. The van der Waals surface area contributed by atoms with Crippen LogP contribution in [-0.2, 0) is 0 Å². The molecule has 0 saturated heterocycles. The van der Waals surface area contributed by atoms with Crippen LogP contribution < -0.4 is 11.5 Å². The van der Waals surface area contributed by atoms with Crippen LogP contribution in [0.3, 0.4) is 0 Å². The third kappa shape index (κ3) is 5.07. The molecule has 0 aromatic rings. The molecule has 0 aliphatic rings. The van der Waals surface area contributed by atoms with Gasteiger partial charge in [-0.2, -0.15) is 0 Å². The van der Waals surface area contributed by atoms with Crippen molar-refractivity contribution in [3.63, 3.8) is 0 Å². The number of nitrogens with two attached hydrogens (primary N) is 2. The maximum absolute atomic E-state index is 6.74. The summed E-state index contributed by atoms with van der Waals surface area (Å²) >= 11 is 0. The Labute approximate surface area is 121 Å². The maximum atomic E-state index is 6.74. The van der Waals surface area contributed by atoms with Crippen LogP contribution in [-0.4, -0.2) is 12.1 Å². The Kier molecular flexibility index (Phi) is 9.72. The molecule has 0 heterocycles. The lowest BCUT2D eigenvalue weighted by Gasteiger charge is -2.48. The molecule has 19 heavy (non-hydrogen) atoms. The van der Waals surface area contributed by atoms with Crippen LogP contribution in [0.2, 0.25) is 0 Å². The molecule has 0 aliphatic carbocycles. The van der Waals surface area contributed by atoms with Gasteiger partial charge in [-0.1, -0.05) is 53.4 Å². The Balaban J connectivity index is 4.39. The van der Waals surface area contributed by atoms with E-state index in [1.807, 2.05) is 0 Å². The van der Waals surface area contributed by atoms with Gasteiger partial charge in [0.2, 0.25) is 0 Å². The van der Waals surface area contributed by atoms with Crippen molar-refractivity contribution < 1.29 is 0 Å². The molecule has 0 aromatic heterocycles. The minimum atomic E-state index is 0.0216. The van der Waals surface area contributed by atoms with Gasteiger partial charge in [-0.05, 0) is 50.5 Å². The fourth-order valence-electron chi connectivity index (χ4n) is 3.69. The SMILES string of the molecule is CCC(N)(CC)C(CC)(CC)CCCCCCCN. The molecular weight excluding hydrogens is 232 g/mol. The van der Waals surface area contributed by atoms with Gasteiger partial charge in [0.1, 0.15) is 0 Å². The summed E-state index contributed by atoms with van der Waals surface area (Å²) in [7, 11) is 0. The Bertz CT molecular complexity index is 205. The molecule has 0 aromatic carbocycles. The van der Waals surface area contributed by atoms with Gasteiger partial charge in [-0.3, -0.25) is 0 Å². The lowest BCUT2D eigenvalue weighted by Crippen LogP contribution is -2.54. The van der Waals surface area contributed by atoms with Crippen molar-refractivity contribution in [1.29, 1.82) is 0 Å². The largest absolute Gasteiger partial charge is 0.330 e. The van der Waals surface area contributed by atoms with E-state index in [1.54, 1.807) is 0 Å². The first kappa shape index (κ1) is 18.9. The van der Waals surface area contributed by atoms with Crippen molar-refractivity contribution in [2.45, 2.75) is 97.4 Å². The van der Waals surface area contributed by atoms with E-state index in [0.717, 1.165) is 19.4 Å². The first-order valence-electron chi connectivity index (χ1n) is 8.54. The Hall–Kier alpha value is -0.0800. The van der Waals surface area contributed by atoms with Crippen LogP contribution in [0.5, 0.6) is 0 Å². The van der Waals surface area contributed by atoms with E-state index in [1.165, 1.54) is 51.4 Å². The predicted molar refractivity (Wildman–Crippen MR) is 87.3 cm³/mol. The molecule has 0 aliphatic heterocycles. The van der Waals surface area contributed by atoms with E-state index in [2.05, 4.69) is 27.7 Å². The van der Waals surface area contributed by atoms with Crippen molar-refractivity contribution in [3.05, 3.63) is 0 Å². The lowest BCUT2D eigenvalue weighted by molar-refractivity contribution is 0.0801. The third-order valence-electron chi connectivity index (χ3n) is 5.53. The highest BCUT2D eigenvalue weighted by atomic mass is 14.8. The molecule has 0 spiro atoms. The molecule has 4 N–H and O–H groups in total. The molecular formula is C17H38N2. The standard InChI is InChI=1S/C17H38N2/c1-5-16(6-2,17(19,7-3)8-4)14-12-10-9-11-13-15-18/h5-15,18-19H2,1-4H3. The number of hydrogen-bond acceptors (Lipinski definition) is 2. The highest BCUT2D eigenvalue weighted by Gasteiger charge is 2.42. The average molecular weight is 271 g/mol. The zero-order valence-electron chi connectivity index (χ0n) is 13.9. The topological polar surface area (TPSA) is 52.0 Å². The minimum Gasteiger partial charge on any atom is -0.330 e. The molecule has 2 heteroatoms. The summed E-state index contributed by atoms with van der Waals surface area (Å²) in [5.41, 5.74) is 12.6. The normalized spacial score (nSPS) is 12.9. The van der Waals surface area contributed by atoms with Crippen molar-refractivity contribution in [3.8, 4) is 0 Å². The van der Waals surface area contributed by atoms with Gasteiger partial charge < -0.3 is 11.5 Å². The second kappa shape index (κ2) is 9.77. The van der Waals surface area contributed by atoms with Gasteiger partial charge >= 0.3 is 0 Å². The van der Waals surface area contributed by atoms with Gasteiger partial charge in [0.25, 0.3) is 0 Å². The van der Waals surface area contributed by atoms with Crippen LogP contribution in [0.4, 0.5) is 0 Å². The zero-order valence-corrected chi connectivity index (χ0v) is 13.9. The van der Waals surface area contributed by atoms with Crippen molar-refractivity contribution >= 4 is 0 Å². The molecule has 0 amide bonds. The number of hydrogen-bond donors (Lipinski definition) is 2. The first-order chi connectivity index (χ1) is 9.05. The lowest BCUT2D eigenvalue weighted by atomic mass is 9.61. The highest BCUT2D eigenvalue weighted by Crippen LogP contribution is 2.45. The van der Waals surface area contributed by atoms with Crippen LogP contribution >= 0.6 is 0 Å². The fourth-order valence-corrected chi connectivity index (χ4v) is 3.69. The van der Waals surface area contributed by atoms with Gasteiger partial charge in [0, 0.05) is 5.54 Å². The summed E-state index contributed by atoms with van der Waals surface area (Å²) in [6, 6.07) is 0. The Morgan fingerprint density at radius 2 is 1.16 bits per heavy atom. The molecule has 0 rings (SSSR count). The van der Waals surface area contributed by atoms with Crippen LogP contribution in [0.25, 0.3) is 0 Å². The van der Waals surface area contributed by atoms with Gasteiger partial charge in [0.05, 0.1) is 0 Å². The average Bonchev–Trinajstić information content (AvgIpc) is 2.46. The zero-order chi connectivity index (χ0) is 14.8. The third-order valence-corrected chi connectivity index (χ3v) is 5.53. The van der Waals surface area contributed by atoms with Crippen LogP contribution in [0, 0.1) is 5.41 Å². The van der Waals surface area contributed by atoms with Gasteiger partial charge in [-0.15, -0.1) is 0 Å². The molecule has 0 fully saturated rings. The summed E-state index contributed by atoms with van der Waals surface area (Å²) in [6.07, 6.45) is 12.4. The highest BCUT2D eigenvalue weighted by molar-refractivity contribution is 4.99. The van der Waals surface area contributed by atoms with E-state index in [-0.39, 0.29) is 5.54 Å². The molecule has 0 atom stereocenters. The van der Waals surface area contributed by atoms with Gasteiger partial charge in [-0.25, -0.2) is 0 Å². The second-order valence-corrected chi connectivity index (χ2v) is 6.16. The van der Waals surface area contributed by atoms with Crippen LogP contribution in [0.1, 0.15) is 91.9 Å². The summed E-state index contributed by atoms with van der Waals surface area (Å²) in [5.74, 6) is 0. The number of unbranched alkanes of at least 4 members (excludes halogenated alkanes) is 4. The van der Waals surface area contributed by atoms with Crippen molar-refractivity contribution in [2.24, 2.45) is 16.9 Å². The minimum absolute atomic E-state index is 0.0216. The van der Waals surface area contributed by atoms with Crippen molar-refractivity contribution in [1.82, 2.24) is 0 Å². The quantitative estimate of drug-likeness (QED) is 0.509. The first-order valence-corrected chi connectivity index (χ1v) is 8.54. The molecule has 0 saturated carbocycles. The predicted octanol–water partition coefficient (Wildman–Crippen LogP) is 4.61. The summed E-state index contributed by atoms with van der Waals surface area (Å²) in [5, 5.41) is 0. The Morgan fingerprint density at radius 1 is 0.684 bits per heavy atom. The second-order valence-electron chi connectivity index (χ2n) is 6.16.